The normalized spacial score (nSPS) is 10.8. The summed E-state index contributed by atoms with van der Waals surface area (Å²) in [5, 5.41) is 12.2. The molecule has 0 saturated heterocycles. The zero-order valence-electron chi connectivity index (χ0n) is 19.6. The van der Waals surface area contributed by atoms with E-state index in [4.69, 9.17) is 19.4 Å². The van der Waals surface area contributed by atoms with Crippen LogP contribution in [0, 0.1) is 0 Å². The van der Waals surface area contributed by atoms with Gasteiger partial charge in [0.05, 0.1) is 37.2 Å². The molecule has 0 bridgehead atoms. The smallest absolute Gasteiger partial charge is 0.226 e. The van der Waals surface area contributed by atoms with Crippen molar-refractivity contribution >= 4 is 28.5 Å². The molecule has 3 aromatic carbocycles. The van der Waals surface area contributed by atoms with Gasteiger partial charge >= 0.3 is 0 Å². The van der Waals surface area contributed by atoms with Crippen molar-refractivity contribution in [2.45, 2.75) is 6.42 Å². The van der Waals surface area contributed by atoms with Crippen molar-refractivity contribution in [1.82, 2.24) is 19.7 Å². The monoisotopic (exact) mass is 466 g/mol. The second kappa shape index (κ2) is 10.1. The van der Waals surface area contributed by atoms with Crippen LogP contribution in [-0.4, -0.2) is 40.5 Å². The first kappa shape index (κ1) is 22.2. The van der Waals surface area contributed by atoms with E-state index in [1.165, 1.54) is 5.56 Å². The molecular weight excluding hydrogens is 440 g/mol. The molecule has 2 N–H and O–H groups in total. The molecule has 8 heteroatoms. The van der Waals surface area contributed by atoms with Gasteiger partial charge < -0.3 is 20.1 Å². The van der Waals surface area contributed by atoms with E-state index in [9.17, 15) is 0 Å². The van der Waals surface area contributed by atoms with E-state index in [2.05, 4.69) is 27.9 Å². The zero-order valence-corrected chi connectivity index (χ0v) is 19.6. The third kappa shape index (κ3) is 4.86. The second-order valence-corrected chi connectivity index (χ2v) is 7.88. The molecule has 5 aromatic rings. The molecule has 8 nitrogen and oxygen atoms in total. The summed E-state index contributed by atoms with van der Waals surface area (Å²) in [7, 11) is 3.26. The molecule has 0 spiro atoms. The molecule has 0 amide bonds. The van der Waals surface area contributed by atoms with E-state index >= 15 is 0 Å². The first-order valence-electron chi connectivity index (χ1n) is 11.3. The van der Waals surface area contributed by atoms with Crippen LogP contribution in [0.4, 0.5) is 17.5 Å². The lowest BCUT2D eigenvalue weighted by atomic mass is 10.1. The molecule has 5 rings (SSSR count). The van der Waals surface area contributed by atoms with E-state index in [0.29, 0.717) is 35.5 Å². The summed E-state index contributed by atoms with van der Waals surface area (Å²) < 4.78 is 12.8. The van der Waals surface area contributed by atoms with E-state index in [1.807, 2.05) is 71.4 Å². The predicted octanol–water partition coefficient (Wildman–Crippen LogP) is 5.23. The van der Waals surface area contributed by atoms with Crippen molar-refractivity contribution in [2.24, 2.45) is 0 Å². The lowest BCUT2D eigenvalue weighted by molar-refractivity contribution is 0.405. The molecule has 35 heavy (non-hydrogen) atoms. The Hall–Kier alpha value is -4.59. The minimum Gasteiger partial charge on any atom is -0.497 e. The summed E-state index contributed by atoms with van der Waals surface area (Å²) >= 11 is 0. The summed E-state index contributed by atoms with van der Waals surface area (Å²) in [6, 6.07) is 25.8. The summed E-state index contributed by atoms with van der Waals surface area (Å²) in [5.41, 5.74) is 3.59. The highest BCUT2D eigenvalue weighted by Crippen LogP contribution is 2.34. The van der Waals surface area contributed by atoms with Crippen LogP contribution >= 0.6 is 0 Å². The minimum atomic E-state index is 0.510. The van der Waals surface area contributed by atoms with Crippen LogP contribution in [0.1, 0.15) is 5.56 Å². The van der Waals surface area contributed by atoms with Crippen LogP contribution in [0.15, 0.2) is 85.1 Å². The molecule has 0 atom stereocenters. The van der Waals surface area contributed by atoms with Crippen molar-refractivity contribution in [3.8, 4) is 17.2 Å². The standard InChI is InChI=1S/C27H26N6O2/c1-34-21-13-14-24(35-2)23(17-21)30-25-22-18-29-33(20-11-7-4-8-12-20)26(22)32-27(31-25)28-16-15-19-9-5-3-6-10-19/h3-14,17-18H,15-16H2,1-2H3,(H2,28,30,31,32). The van der Waals surface area contributed by atoms with E-state index in [0.717, 1.165) is 23.2 Å². The van der Waals surface area contributed by atoms with Crippen molar-refractivity contribution in [1.29, 1.82) is 0 Å². The van der Waals surface area contributed by atoms with E-state index in [-0.39, 0.29) is 0 Å². The van der Waals surface area contributed by atoms with Crippen LogP contribution in [-0.2, 0) is 6.42 Å². The first-order valence-corrected chi connectivity index (χ1v) is 11.3. The summed E-state index contributed by atoms with van der Waals surface area (Å²) in [4.78, 5) is 9.59. The minimum absolute atomic E-state index is 0.510. The van der Waals surface area contributed by atoms with E-state index in [1.54, 1.807) is 20.4 Å². The van der Waals surface area contributed by atoms with Gasteiger partial charge in [-0.3, -0.25) is 0 Å². The number of hydrogen-bond donors (Lipinski definition) is 2. The highest BCUT2D eigenvalue weighted by atomic mass is 16.5. The number of rotatable bonds is 9. The fourth-order valence-electron chi connectivity index (χ4n) is 3.84. The SMILES string of the molecule is COc1ccc(OC)c(Nc2nc(NCCc3ccccc3)nc3c2cnn3-c2ccccc2)c1. The maximum Gasteiger partial charge on any atom is 0.226 e. The molecule has 2 aromatic heterocycles. The first-order chi connectivity index (χ1) is 17.2. The quantitative estimate of drug-likeness (QED) is 0.308. The summed E-state index contributed by atoms with van der Waals surface area (Å²) in [6.07, 6.45) is 2.62. The Labute approximate surface area is 203 Å². The highest BCUT2D eigenvalue weighted by Gasteiger charge is 2.16. The van der Waals surface area contributed by atoms with Gasteiger partial charge in [0.15, 0.2) is 5.65 Å². The Morgan fingerprint density at radius 3 is 2.37 bits per heavy atom. The fourth-order valence-corrected chi connectivity index (χ4v) is 3.84. The number of para-hydroxylation sites is 1. The largest absolute Gasteiger partial charge is 0.497 e. The third-order valence-electron chi connectivity index (χ3n) is 5.63. The Morgan fingerprint density at radius 1 is 0.857 bits per heavy atom. The number of ether oxygens (including phenoxy) is 2. The Morgan fingerprint density at radius 2 is 1.63 bits per heavy atom. The summed E-state index contributed by atoms with van der Waals surface area (Å²) in [5.74, 6) is 2.51. The maximum atomic E-state index is 5.55. The van der Waals surface area contributed by atoms with Crippen LogP contribution in [0.5, 0.6) is 11.5 Å². The van der Waals surface area contributed by atoms with Gasteiger partial charge in [-0.2, -0.15) is 15.1 Å². The predicted molar refractivity (Wildman–Crippen MR) is 138 cm³/mol. The van der Waals surface area contributed by atoms with Gasteiger partial charge in [-0.1, -0.05) is 48.5 Å². The molecule has 0 aliphatic carbocycles. The van der Waals surface area contributed by atoms with Crippen molar-refractivity contribution < 1.29 is 9.47 Å². The number of aromatic nitrogens is 4. The number of anilines is 3. The number of hydrogen-bond acceptors (Lipinski definition) is 7. The van der Waals surface area contributed by atoms with Gasteiger partial charge in [-0.25, -0.2) is 4.68 Å². The summed E-state index contributed by atoms with van der Waals surface area (Å²) in [6.45, 7) is 0.691. The number of methoxy groups -OCH3 is 2. The average Bonchev–Trinajstić information content (AvgIpc) is 3.34. The number of nitrogens with zero attached hydrogens (tertiary/aromatic N) is 4. The van der Waals surface area contributed by atoms with Gasteiger partial charge in [0.2, 0.25) is 5.95 Å². The van der Waals surface area contributed by atoms with Crippen LogP contribution in [0.2, 0.25) is 0 Å². The molecule has 0 aliphatic heterocycles. The number of benzene rings is 3. The number of nitrogens with one attached hydrogen (secondary N) is 2. The van der Waals surface area contributed by atoms with Crippen LogP contribution in [0.3, 0.4) is 0 Å². The third-order valence-corrected chi connectivity index (χ3v) is 5.63. The topological polar surface area (TPSA) is 86.1 Å². The highest BCUT2D eigenvalue weighted by molar-refractivity contribution is 5.91. The molecular formula is C27H26N6O2. The maximum absolute atomic E-state index is 5.55. The van der Waals surface area contributed by atoms with Crippen molar-refractivity contribution in [3.05, 3.63) is 90.6 Å². The fraction of sp³-hybridized carbons (Fsp3) is 0.148. The average molecular weight is 467 g/mol. The molecule has 0 fully saturated rings. The van der Waals surface area contributed by atoms with E-state index < -0.39 is 0 Å². The molecule has 2 heterocycles. The Balaban J connectivity index is 1.53. The van der Waals surface area contributed by atoms with Gasteiger partial charge in [-0.15, -0.1) is 0 Å². The van der Waals surface area contributed by atoms with Crippen molar-refractivity contribution in [3.63, 3.8) is 0 Å². The molecule has 0 saturated carbocycles. The lowest BCUT2D eigenvalue weighted by Crippen LogP contribution is -2.10. The number of fused-ring (bicyclic) bond motifs is 1. The molecule has 0 radical (unpaired) electrons. The Bertz CT molecular complexity index is 1420. The van der Waals surface area contributed by atoms with Gasteiger partial charge in [0.1, 0.15) is 17.3 Å². The van der Waals surface area contributed by atoms with Gasteiger partial charge in [0, 0.05) is 12.6 Å². The van der Waals surface area contributed by atoms with Crippen LogP contribution in [0.25, 0.3) is 16.7 Å². The van der Waals surface area contributed by atoms with Gasteiger partial charge in [-0.05, 0) is 36.2 Å². The Kier molecular flexibility index (Phi) is 6.43. The van der Waals surface area contributed by atoms with Gasteiger partial charge in [0.25, 0.3) is 0 Å². The zero-order chi connectivity index (χ0) is 24.0. The lowest BCUT2D eigenvalue weighted by Gasteiger charge is -2.14. The second-order valence-electron chi connectivity index (χ2n) is 7.88. The molecule has 0 aliphatic rings. The van der Waals surface area contributed by atoms with Crippen LogP contribution < -0.4 is 20.1 Å². The van der Waals surface area contributed by atoms with Crippen molar-refractivity contribution in [2.75, 3.05) is 31.4 Å². The molecule has 0 unspecified atom stereocenters. The molecule has 176 valence electrons.